The molecule has 0 saturated carbocycles. The van der Waals surface area contributed by atoms with Gasteiger partial charge in [-0.05, 0) is 48.5 Å². The van der Waals surface area contributed by atoms with Gasteiger partial charge in [0, 0.05) is 42.1 Å². The Hall–Kier alpha value is -3.63. The van der Waals surface area contributed by atoms with E-state index >= 15 is 0 Å². The highest BCUT2D eigenvalue weighted by atomic mass is 32.2. The predicted octanol–water partition coefficient (Wildman–Crippen LogP) is 4.62. The summed E-state index contributed by atoms with van der Waals surface area (Å²) in [7, 11) is -0.409. The van der Waals surface area contributed by atoms with E-state index in [0.717, 1.165) is 10.4 Å². The third-order valence-corrected chi connectivity index (χ3v) is 8.09. The van der Waals surface area contributed by atoms with E-state index in [0.29, 0.717) is 17.1 Å². The van der Waals surface area contributed by atoms with Crippen LogP contribution < -0.4 is 14.9 Å². The molecule has 4 rings (SSSR count). The van der Waals surface area contributed by atoms with E-state index in [1.165, 1.54) is 22.7 Å². The van der Waals surface area contributed by atoms with E-state index in [2.05, 4.69) is 15.7 Å². The Morgan fingerprint density at radius 1 is 0.969 bits per heavy atom. The number of nitrogens with zero attached hydrogens (tertiary/aromatic N) is 3. The average molecular weight is 468 g/mol. The zero-order chi connectivity index (χ0) is 22.7. The van der Waals surface area contributed by atoms with Gasteiger partial charge in [0.2, 0.25) is 0 Å². The fourth-order valence-corrected chi connectivity index (χ4v) is 5.65. The lowest BCUT2D eigenvalue weighted by atomic mass is 10.3. The highest BCUT2D eigenvalue weighted by Gasteiger charge is 2.24. The third-order valence-electron chi connectivity index (χ3n) is 4.71. The molecule has 2 aromatic carbocycles. The molecule has 0 aliphatic rings. The van der Waals surface area contributed by atoms with Crippen molar-refractivity contribution >= 4 is 44.5 Å². The van der Waals surface area contributed by atoms with Gasteiger partial charge in [-0.1, -0.05) is 18.2 Å². The molecule has 8 nitrogen and oxygen atoms in total. The first-order valence-electron chi connectivity index (χ1n) is 9.64. The SMILES string of the molecule is CN(c1ccc(NC(=O)Nc2ccccc2)cc1)S(=O)(=O)c1ccc(-c2cnn(C)c2)s1. The number of para-hydroxylation sites is 1. The van der Waals surface area contributed by atoms with Crippen molar-refractivity contribution in [2.45, 2.75) is 4.21 Å². The molecule has 2 aromatic heterocycles. The smallest absolute Gasteiger partial charge is 0.308 e. The van der Waals surface area contributed by atoms with Crippen LogP contribution in [0.1, 0.15) is 0 Å². The minimum Gasteiger partial charge on any atom is -0.308 e. The first-order chi connectivity index (χ1) is 15.3. The number of sulfonamides is 1. The van der Waals surface area contributed by atoms with Gasteiger partial charge in [0.15, 0.2) is 0 Å². The Balaban J connectivity index is 1.45. The molecular weight excluding hydrogens is 446 g/mol. The molecule has 0 atom stereocenters. The zero-order valence-corrected chi connectivity index (χ0v) is 19.0. The van der Waals surface area contributed by atoms with Crippen LogP contribution >= 0.6 is 11.3 Å². The Morgan fingerprint density at radius 2 is 1.62 bits per heavy atom. The second-order valence-corrected chi connectivity index (χ2v) is 10.3. The topological polar surface area (TPSA) is 96.3 Å². The van der Waals surface area contributed by atoms with Gasteiger partial charge in [-0.15, -0.1) is 11.3 Å². The summed E-state index contributed by atoms with van der Waals surface area (Å²) in [5, 5.41) is 9.58. The van der Waals surface area contributed by atoms with Crippen LogP contribution in [0.2, 0.25) is 0 Å². The summed E-state index contributed by atoms with van der Waals surface area (Å²) in [6, 6.07) is 18.7. The van der Waals surface area contributed by atoms with Crippen LogP contribution in [0.3, 0.4) is 0 Å². The van der Waals surface area contributed by atoms with Gasteiger partial charge in [-0.3, -0.25) is 8.99 Å². The largest absolute Gasteiger partial charge is 0.323 e. The number of hydrogen-bond acceptors (Lipinski definition) is 5. The molecule has 0 unspecified atom stereocenters. The van der Waals surface area contributed by atoms with Crippen molar-refractivity contribution in [3.8, 4) is 10.4 Å². The Bertz CT molecular complexity index is 1330. The zero-order valence-electron chi connectivity index (χ0n) is 17.4. The summed E-state index contributed by atoms with van der Waals surface area (Å²) in [6.45, 7) is 0. The quantitative estimate of drug-likeness (QED) is 0.433. The van der Waals surface area contributed by atoms with Gasteiger partial charge in [0.1, 0.15) is 4.21 Å². The first kappa shape index (κ1) is 21.6. The van der Waals surface area contributed by atoms with Crippen LogP contribution in [0, 0.1) is 0 Å². The van der Waals surface area contributed by atoms with Crippen LogP contribution in [-0.4, -0.2) is 31.3 Å². The number of rotatable bonds is 6. The molecule has 0 spiro atoms. The Morgan fingerprint density at radius 3 is 2.25 bits per heavy atom. The summed E-state index contributed by atoms with van der Waals surface area (Å²) < 4.78 is 29.3. The second kappa shape index (κ2) is 8.85. The monoisotopic (exact) mass is 467 g/mol. The van der Waals surface area contributed by atoms with E-state index < -0.39 is 10.0 Å². The Labute approximate surface area is 190 Å². The molecule has 4 aromatic rings. The normalized spacial score (nSPS) is 11.2. The Kier molecular flexibility index (Phi) is 5.97. The van der Waals surface area contributed by atoms with Gasteiger partial charge < -0.3 is 10.6 Å². The maximum absolute atomic E-state index is 13.1. The lowest BCUT2D eigenvalue weighted by Gasteiger charge is -2.19. The predicted molar refractivity (Wildman–Crippen MR) is 128 cm³/mol. The fraction of sp³-hybridized carbons (Fsp3) is 0.0909. The van der Waals surface area contributed by atoms with Crippen LogP contribution in [0.4, 0.5) is 21.9 Å². The molecule has 0 bridgehead atoms. The maximum atomic E-state index is 13.1. The van der Waals surface area contributed by atoms with E-state index in [-0.39, 0.29) is 10.2 Å². The van der Waals surface area contributed by atoms with E-state index in [1.54, 1.807) is 59.4 Å². The number of anilines is 3. The first-order valence-corrected chi connectivity index (χ1v) is 11.9. The van der Waals surface area contributed by atoms with Gasteiger partial charge in [-0.2, -0.15) is 5.10 Å². The lowest BCUT2D eigenvalue weighted by molar-refractivity contribution is 0.262. The molecule has 164 valence electrons. The number of carbonyl (C=O) groups excluding carboxylic acids is 1. The fourth-order valence-electron chi connectivity index (χ4n) is 3.01. The number of benzene rings is 2. The maximum Gasteiger partial charge on any atom is 0.323 e. The van der Waals surface area contributed by atoms with Gasteiger partial charge in [0.05, 0.1) is 11.9 Å². The van der Waals surface area contributed by atoms with Crippen LogP contribution in [0.15, 0.2) is 83.3 Å². The summed E-state index contributed by atoms with van der Waals surface area (Å²) in [5.41, 5.74) is 2.57. The van der Waals surface area contributed by atoms with Crippen LogP contribution in [0.5, 0.6) is 0 Å². The summed E-state index contributed by atoms with van der Waals surface area (Å²) >= 11 is 1.19. The highest BCUT2D eigenvalue weighted by molar-refractivity contribution is 7.94. The molecular formula is C22H21N5O3S2. The molecule has 2 heterocycles. The van der Waals surface area contributed by atoms with Crippen molar-refractivity contribution in [1.82, 2.24) is 9.78 Å². The van der Waals surface area contributed by atoms with Crippen LogP contribution in [-0.2, 0) is 17.1 Å². The van der Waals surface area contributed by atoms with Gasteiger partial charge >= 0.3 is 6.03 Å². The number of thiophene rings is 1. The average Bonchev–Trinajstić information content (AvgIpc) is 3.44. The van der Waals surface area contributed by atoms with Crippen molar-refractivity contribution in [2.75, 3.05) is 22.0 Å². The molecule has 0 saturated heterocycles. The molecule has 0 aliphatic carbocycles. The van der Waals surface area contributed by atoms with Crippen LogP contribution in [0.25, 0.3) is 10.4 Å². The number of aromatic nitrogens is 2. The van der Waals surface area contributed by atoms with Gasteiger partial charge in [-0.25, -0.2) is 13.2 Å². The van der Waals surface area contributed by atoms with E-state index in [1.807, 2.05) is 31.4 Å². The van der Waals surface area contributed by atoms with Crippen molar-refractivity contribution in [3.05, 3.63) is 79.1 Å². The number of amides is 2. The summed E-state index contributed by atoms with van der Waals surface area (Å²) in [4.78, 5) is 13.0. The number of hydrogen-bond donors (Lipinski definition) is 2. The minimum absolute atomic E-state index is 0.239. The number of urea groups is 1. The lowest BCUT2D eigenvalue weighted by Crippen LogP contribution is -2.25. The molecule has 2 N–H and O–H groups in total. The third kappa shape index (κ3) is 4.66. The molecule has 32 heavy (non-hydrogen) atoms. The van der Waals surface area contributed by atoms with Crippen molar-refractivity contribution in [2.24, 2.45) is 7.05 Å². The number of carbonyl (C=O) groups is 1. The molecule has 10 heteroatoms. The van der Waals surface area contributed by atoms with Gasteiger partial charge in [0.25, 0.3) is 10.0 Å². The number of nitrogens with one attached hydrogen (secondary N) is 2. The number of aryl methyl sites for hydroxylation is 1. The highest BCUT2D eigenvalue weighted by Crippen LogP contribution is 2.33. The van der Waals surface area contributed by atoms with Crippen molar-refractivity contribution < 1.29 is 13.2 Å². The van der Waals surface area contributed by atoms with E-state index in [4.69, 9.17) is 0 Å². The molecule has 0 aliphatic heterocycles. The van der Waals surface area contributed by atoms with Crippen molar-refractivity contribution in [3.63, 3.8) is 0 Å². The molecule has 0 radical (unpaired) electrons. The van der Waals surface area contributed by atoms with E-state index in [9.17, 15) is 13.2 Å². The molecule has 2 amide bonds. The van der Waals surface area contributed by atoms with Crippen molar-refractivity contribution in [1.29, 1.82) is 0 Å². The molecule has 0 fully saturated rings. The minimum atomic E-state index is -3.72. The second-order valence-electron chi connectivity index (χ2n) is 6.99. The summed E-state index contributed by atoms with van der Waals surface area (Å²) in [6.07, 6.45) is 3.54. The standard InChI is InChI=1S/C22H21N5O3S2/c1-26-15-16(14-23-26)20-12-13-21(31-20)32(29,30)27(2)19-10-8-18(9-11-19)25-22(28)24-17-6-4-3-5-7-17/h3-15H,1-2H3,(H2,24,25,28). The summed E-state index contributed by atoms with van der Waals surface area (Å²) in [5.74, 6) is 0.